The number of methoxy groups -OCH3 is 1. The van der Waals surface area contributed by atoms with Crippen molar-refractivity contribution < 1.29 is 9.15 Å². The van der Waals surface area contributed by atoms with Gasteiger partial charge in [-0.3, -0.25) is 0 Å². The molecule has 2 heterocycles. The van der Waals surface area contributed by atoms with Crippen LogP contribution in [0.4, 0.5) is 0 Å². The van der Waals surface area contributed by atoms with E-state index in [4.69, 9.17) is 9.15 Å². The molecule has 1 aromatic carbocycles. The predicted molar refractivity (Wildman–Crippen MR) is 82.3 cm³/mol. The number of fused-ring (bicyclic) bond motifs is 1. The summed E-state index contributed by atoms with van der Waals surface area (Å²) in [5, 5.41) is 4.61. The molecule has 3 aromatic rings. The molecule has 21 heavy (non-hydrogen) atoms. The second-order valence-electron chi connectivity index (χ2n) is 4.95. The van der Waals surface area contributed by atoms with Crippen molar-refractivity contribution in [3.8, 4) is 5.88 Å². The first-order valence-corrected chi connectivity index (χ1v) is 6.94. The first-order valence-electron chi connectivity index (χ1n) is 6.94. The number of furan rings is 1. The first-order chi connectivity index (χ1) is 10.3. The van der Waals surface area contributed by atoms with Crippen molar-refractivity contribution >= 4 is 11.0 Å². The van der Waals surface area contributed by atoms with Gasteiger partial charge in [-0.2, -0.15) is 0 Å². The topological polar surface area (TPSA) is 47.3 Å². The normalized spacial score (nSPS) is 11.0. The van der Waals surface area contributed by atoms with Gasteiger partial charge in [-0.1, -0.05) is 24.3 Å². The van der Waals surface area contributed by atoms with E-state index < -0.39 is 0 Å². The molecule has 0 saturated carbocycles. The monoisotopic (exact) mass is 282 g/mol. The standard InChI is InChI=1S/C17H18N2O2/c1-12-15(14-5-3-4-6-16(14)21-12)11-18-9-13-7-8-17(20-2)19-10-13/h3-8,10,18H,9,11H2,1-2H3. The van der Waals surface area contributed by atoms with Crippen LogP contribution in [0.25, 0.3) is 11.0 Å². The molecular formula is C17H18N2O2. The van der Waals surface area contributed by atoms with Gasteiger partial charge in [0.15, 0.2) is 0 Å². The minimum Gasteiger partial charge on any atom is -0.481 e. The molecule has 0 fully saturated rings. The number of nitrogens with zero attached hydrogens (tertiary/aromatic N) is 1. The van der Waals surface area contributed by atoms with Crippen molar-refractivity contribution in [3.05, 3.63) is 59.5 Å². The number of rotatable bonds is 5. The molecule has 1 N–H and O–H groups in total. The smallest absolute Gasteiger partial charge is 0.212 e. The maximum absolute atomic E-state index is 5.76. The number of benzene rings is 1. The molecule has 0 atom stereocenters. The highest BCUT2D eigenvalue weighted by molar-refractivity contribution is 5.82. The molecule has 4 nitrogen and oxygen atoms in total. The van der Waals surface area contributed by atoms with Gasteiger partial charge in [0.2, 0.25) is 5.88 Å². The van der Waals surface area contributed by atoms with Gasteiger partial charge >= 0.3 is 0 Å². The second kappa shape index (κ2) is 5.97. The van der Waals surface area contributed by atoms with Crippen LogP contribution >= 0.6 is 0 Å². The quantitative estimate of drug-likeness (QED) is 0.778. The summed E-state index contributed by atoms with van der Waals surface area (Å²) in [5.41, 5.74) is 3.28. The van der Waals surface area contributed by atoms with Crippen LogP contribution in [0.3, 0.4) is 0 Å². The third kappa shape index (κ3) is 2.90. The fourth-order valence-corrected chi connectivity index (χ4v) is 2.41. The summed E-state index contributed by atoms with van der Waals surface area (Å²) in [5.74, 6) is 1.60. The maximum atomic E-state index is 5.76. The molecular weight excluding hydrogens is 264 g/mol. The van der Waals surface area contributed by atoms with Crippen LogP contribution in [0.15, 0.2) is 47.0 Å². The van der Waals surface area contributed by atoms with Gasteiger partial charge in [0.1, 0.15) is 11.3 Å². The van der Waals surface area contributed by atoms with Crippen molar-refractivity contribution in [1.29, 1.82) is 0 Å². The molecule has 0 aliphatic carbocycles. The van der Waals surface area contributed by atoms with Crippen LogP contribution in [0, 0.1) is 6.92 Å². The summed E-state index contributed by atoms with van der Waals surface area (Å²) in [4.78, 5) is 4.20. The van der Waals surface area contributed by atoms with Gasteiger partial charge in [0, 0.05) is 36.3 Å². The van der Waals surface area contributed by atoms with Crippen molar-refractivity contribution in [2.45, 2.75) is 20.0 Å². The van der Waals surface area contributed by atoms with E-state index in [2.05, 4.69) is 16.4 Å². The highest BCUT2D eigenvalue weighted by Gasteiger charge is 2.09. The average Bonchev–Trinajstić information content (AvgIpc) is 2.84. The molecule has 0 unspecified atom stereocenters. The Hall–Kier alpha value is -2.33. The first kappa shape index (κ1) is 13.6. The Bertz CT molecular complexity index is 732. The molecule has 108 valence electrons. The lowest BCUT2D eigenvalue weighted by Crippen LogP contribution is -2.13. The third-order valence-corrected chi connectivity index (χ3v) is 3.54. The van der Waals surface area contributed by atoms with E-state index in [1.165, 1.54) is 10.9 Å². The number of nitrogens with one attached hydrogen (secondary N) is 1. The summed E-state index contributed by atoms with van der Waals surface area (Å²) < 4.78 is 10.8. The summed E-state index contributed by atoms with van der Waals surface area (Å²) >= 11 is 0. The van der Waals surface area contributed by atoms with Gasteiger partial charge < -0.3 is 14.5 Å². The molecule has 0 aliphatic rings. The minimum absolute atomic E-state index is 0.635. The summed E-state index contributed by atoms with van der Waals surface area (Å²) in [6, 6.07) is 12.0. The number of hydrogen-bond donors (Lipinski definition) is 1. The number of hydrogen-bond acceptors (Lipinski definition) is 4. The minimum atomic E-state index is 0.635. The largest absolute Gasteiger partial charge is 0.481 e. The lowest BCUT2D eigenvalue weighted by molar-refractivity contribution is 0.397. The van der Waals surface area contributed by atoms with Crippen molar-refractivity contribution in [3.63, 3.8) is 0 Å². The van der Waals surface area contributed by atoms with E-state index in [0.29, 0.717) is 5.88 Å². The molecule has 0 spiro atoms. The molecule has 0 saturated heterocycles. The molecule has 0 amide bonds. The predicted octanol–water partition coefficient (Wildman–Crippen LogP) is 3.43. The van der Waals surface area contributed by atoms with Gasteiger partial charge in [0.05, 0.1) is 7.11 Å². The Kier molecular flexibility index (Phi) is 3.88. The Morgan fingerprint density at radius 1 is 1.14 bits per heavy atom. The lowest BCUT2D eigenvalue weighted by atomic mass is 10.1. The lowest BCUT2D eigenvalue weighted by Gasteiger charge is -2.05. The van der Waals surface area contributed by atoms with E-state index in [1.54, 1.807) is 7.11 Å². The Balaban J connectivity index is 1.67. The molecule has 0 bridgehead atoms. The fourth-order valence-electron chi connectivity index (χ4n) is 2.41. The third-order valence-electron chi connectivity index (χ3n) is 3.54. The van der Waals surface area contributed by atoms with Gasteiger partial charge in [-0.15, -0.1) is 0 Å². The van der Waals surface area contributed by atoms with E-state index in [0.717, 1.165) is 30.0 Å². The number of pyridine rings is 1. The van der Waals surface area contributed by atoms with Crippen LogP contribution in [0.1, 0.15) is 16.9 Å². The maximum Gasteiger partial charge on any atom is 0.212 e. The van der Waals surface area contributed by atoms with Crippen LogP contribution in [-0.2, 0) is 13.1 Å². The van der Waals surface area contributed by atoms with Crippen LogP contribution in [-0.4, -0.2) is 12.1 Å². The van der Waals surface area contributed by atoms with Gasteiger partial charge in [0.25, 0.3) is 0 Å². The number of aryl methyl sites for hydroxylation is 1. The number of ether oxygens (including phenoxy) is 1. The highest BCUT2D eigenvalue weighted by atomic mass is 16.5. The van der Waals surface area contributed by atoms with Crippen LogP contribution in [0.5, 0.6) is 5.88 Å². The van der Waals surface area contributed by atoms with E-state index in [1.807, 2.05) is 43.5 Å². The summed E-state index contributed by atoms with van der Waals surface area (Å²) in [6.45, 7) is 3.54. The Morgan fingerprint density at radius 3 is 2.76 bits per heavy atom. The van der Waals surface area contributed by atoms with Gasteiger partial charge in [-0.05, 0) is 18.6 Å². The molecule has 0 aliphatic heterocycles. The van der Waals surface area contributed by atoms with Gasteiger partial charge in [-0.25, -0.2) is 4.98 Å². The highest BCUT2D eigenvalue weighted by Crippen LogP contribution is 2.24. The van der Waals surface area contributed by atoms with E-state index in [-0.39, 0.29) is 0 Å². The zero-order valence-corrected chi connectivity index (χ0v) is 12.2. The van der Waals surface area contributed by atoms with E-state index in [9.17, 15) is 0 Å². The van der Waals surface area contributed by atoms with Crippen molar-refractivity contribution in [2.75, 3.05) is 7.11 Å². The van der Waals surface area contributed by atoms with Crippen molar-refractivity contribution in [2.24, 2.45) is 0 Å². The Morgan fingerprint density at radius 2 is 2.00 bits per heavy atom. The molecule has 2 aromatic heterocycles. The zero-order chi connectivity index (χ0) is 14.7. The molecule has 3 rings (SSSR count). The average molecular weight is 282 g/mol. The number of aromatic nitrogens is 1. The second-order valence-corrected chi connectivity index (χ2v) is 4.95. The summed E-state index contributed by atoms with van der Waals surface area (Å²) in [7, 11) is 1.62. The number of para-hydroxylation sites is 1. The van der Waals surface area contributed by atoms with Crippen LogP contribution < -0.4 is 10.1 Å². The van der Waals surface area contributed by atoms with Crippen LogP contribution in [0.2, 0.25) is 0 Å². The molecule has 4 heteroatoms. The van der Waals surface area contributed by atoms with E-state index >= 15 is 0 Å². The SMILES string of the molecule is COc1ccc(CNCc2c(C)oc3ccccc23)cn1. The Labute approximate surface area is 123 Å². The molecule has 0 radical (unpaired) electrons. The summed E-state index contributed by atoms with van der Waals surface area (Å²) in [6.07, 6.45) is 1.83. The van der Waals surface area contributed by atoms with Crippen molar-refractivity contribution in [1.82, 2.24) is 10.3 Å². The zero-order valence-electron chi connectivity index (χ0n) is 12.2. The fraction of sp³-hybridized carbons (Fsp3) is 0.235.